The Morgan fingerprint density at radius 2 is 1.91 bits per heavy atom. The zero-order valence-corrected chi connectivity index (χ0v) is 14.2. The summed E-state index contributed by atoms with van der Waals surface area (Å²) in [5, 5.41) is 3.57. The van der Waals surface area contributed by atoms with Crippen LogP contribution in [0.3, 0.4) is 0 Å². The van der Waals surface area contributed by atoms with Crippen molar-refractivity contribution in [3.05, 3.63) is 35.9 Å². The fourth-order valence-electron chi connectivity index (χ4n) is 2.62. The van der Waals surface area contributed by atoms with E-state index < -0.39 is 6.04 Å². The molecule has 1 aliphatic rings. The highest BCUT2D eigenvalue weighted by molar-refractivity contribution is 9.09. The Bertz CT molecular complexity index is 486. The summed E-state index contributed by atoms with van der Waals surface area (Å²) in [6.07, 6.45) is 5.18. The van der Waals surface area contributed by atoms with E-state index in [0.29, 0.717) is 6.42 Å². The van der Waals surface area contributed by atoms with Gasteiger partial charge < -0.3 is 10.1 Å². The van der Waals surface area contributed by atoms with Crippen LogP contribution in [0.4, 0.5) is 0 Å². The van der Waals surface area contributed by atoms with Crippen LogP contribution in [0.2, 0.25) is 0 Å². The van der Waals surface area contributed by atoms with Crippen LogP contribution in [0.15, 0.2) is 30.3 Å². The third-order valence-electron chi connectivity index (χ3n) is 3.80. The molecule has 0 aliphatic heterocycles. The van der Waals surface area contributed by atoms with E-state index in [4.69, 9.17) is 4.74 Å². The SMILES string of the molecule is O=C(CCCBr)N[C@H](C(=O)OC1CCCC1)c1ccccc1. The highest BCUT2D eigenvalue weighted by Gasteiger charge is 2.27. The van der Waals surface area contributed by atoms with Crippen LogP contribution in [0.5, 0.6) is 0 Å². The molecular weight excluding hydrogens is 346 g/mol. The summed E-state index contributed by atoms with van der Waals surface area (Å²) in [4.78, 5) is 24.5. The summed E-state index contributed by atoms with van der Waals surface area (Å²) in [6.45, 7) is 0. The van der Waals surface area contributed by atoms with Gasteiger partial charge in [-0.2, -0.15) is 0 Å². The summed E-state index contributed by atoms with van der Waals surface area (Å²) in [5.41, 5.74) is 0.762. The lowest BCUT2D eigenvalue weighted by Gasteiger charge is -2.20. The highest BCUT2D eigenvalue weighted by atomic mass is 79.9. The van der Waals surface area contributed by atoms with Gasteiger partial charge in [0, 0.05) is 11.8 Å². The lowest BCUT2D eigenvalue weighted by molar-refractivity contribution is -0.153. The molecule has 22 heavy (non-hydrogen) atoms. The zero-order valence-electron chi connectivity index (χ0n) is 12.6. The summed E-state index contributed by atoms with van der Waals surface area (Å²) in [6, 6.07) is 8.56. The number of halogens is 1. The number of rotatable bonds is 7. The normalized spacial score (nSPS) is 16.2. The van der Waals surface area contributed by atoms with E-state index in [2.05, 4.69) is 21.2 Å². The number of hydrogen-bond acceptors (Lipinski definition) is 3. The van der Waals surface area contributed by atoms with E-state index in [1.807, 2.05) is 30.3 Å². The number of benzene rings is 1. The van der Waals surface area contributed by atoms with Gasteiger partial charge in [-0.3, -0.25) is 4.79 Å². The molecule has 0 bridgehead atoms. The standard InChI is InChI=1S/C17H22BrNO3/c18-12-6-11-15(20)19-16(13-7-2-1-3-8-13)17(21)22-14-9-4-5-10-14/h1-3,7-8,14,16H,4-6,9-12H2,(H,19,20)/t16-/m0/s1. The van der Waals surface area contributed by atoms with E-state index in [-0.39, 0.29) is 18.0 Å². The molecule has 5 heteroatoms. The average molecular weight is 368 g/mol. The van der Waals surface area contributed by atoms with Crippen molar-refractivity contribution in [2.45, 2.75) is 50.7 Å². The van der Waals surface area contributed by atoms with Gasteiger partial charge in [-0.15, -0.1) is 0 Å². The molecule has 1 atom stereocenters. The third-order valence-corrected chi connectivity index (χ3v) is 4.36. The van der Waals surface area contributed by atoms with E-state index >= 15 is 0 Å². The molecule has 120 valence electrons. The second kappa shape index (κ2) is 8.93. The van der Waals surface area contributed by atoms with Crippen LogP contribution in [0.1, 0.15) is 50.1 Å². The predicted molar refractivity (Wildman–Crippen MR) is 88.7 cm³/mol. The lowest BCUT2D eigenvalue weighted by Crippen LogP contribution is -2.36. The third kappa shape index (κ3) is 5.13. The highest BCUT2D eigenvalue weighted by Crippen LogP contribution is 2.24. The summed E-state index contributed by atoms with van der Waals surface area (Å²) in [5.74, 6) is -0.484. The smallest absolute Gasteiger partial charge is 0.333 e. The van der Waals surface area contributed by atoms with Gasteiger partial charge in [0.15, 0.2) is 6.04 Å². The van der Waals surface area contributed by atoms with Crippen LogP contribution >= 0.6 is 15.9 Å². The number of nitrogens with one attached hydrogen (secondary N) is 1. The number of hydrogen-bond donors (Lipinski definition) is 1. The molecule has 2 rings (SSSR count). The molecule has 1 aliphatic carbocycles. The number of esters is 1. The predicted octanol–water partition coefficient (Wildman–Crippen LogP) is 3.50. The van der Waals surface area contributed by atoms with Crippen LogP contribution in [-0.4, -0.2) is 23.3 Å². The van der Waals surface area contributed by atoms with Crippen molar-refractivity contribution in [3.63, 3.8) is 0 Å². The molecule has 4 nitrogen and oxygen atoms in total. The largest absolute Gasteiger partial charge is 0.461 e. The van der Waals surface area contributed by atoms with Gasteiger partial charge in [0.25, 0.3) is 0 Å². The minimum atomic E-state index is -0.718. The summed E-state index contributed by atoms with van der Waals surface area (Å²) >= 11 is 3.30. The first-order chi connectivity index (χ1) is 10.7. The van der Waals surface area contributed by atoms with Crippen LogP contribution in [0.25, 0.3) is 0 Å². The first-order valence-electron chi connectivity index (χ1n) is 7.81. The number of alkyl halides is 1. The topological polar surface area (TPSA) is 55.4 Å². The molecule has 1 amide bonds. The van der Waals surface area contributed by atoms with E-state index in [0.717, 1.165) is 43.0 Å². The Morgan fingerprint density at radius 1 is 1.23 bits per heavy atom. The minimum Gasteiger partial charge on any atom is -0.461 e. The lowest BCUT2D eigenvalue weighted by atomic mass is 10.1. The van der Waals surface area contributed by atoms with Gasteiger partial charge in [-0.05, 0) is 37.7 Å². The molecule has 1 N–H and O–H groups in total. The second-order valence-electron chi connectivity index (χ2n) is 5.55. The Kier molecular flexibility index (Phi) is 6.90. The summed E-state index contributed by atoms with van der Waals surface area (Å²) < 4.78 is 5.57. The zero-order chi connectivity index (χ0) is 15.8. The van der Waals surface area contributed by atoms with Gasteiger partial charge >= 0.3 is 5.97 Å². The van der Waals surface area contributed by atoms with Crippen molar-refractivity contribution in [2.75, 3.05) is 5.33 Å². The van der Waals surface area contributed by atoms with Crippen molar-refractivity contribution < 1.29 is 14.3 Å². The van der Waals surface area contributed by atoms with Crippen molar-refractivity contribution in [1.29, 1.82) is 0 Å². The summed E-state index contributed by atoms with van der Waals surface area (Å²) in [7, 11) is 0. The molecule has 1 saturated carbocycles. The number of carbonyl (C=O) groups excluding carboxylic acids is 2. The van der Waals surface area contributed by atoms with Crippen LogP contribution in [-0.2, 0) is 14.3 Å². The maximum atomic E-state index is 12.5. The Hall–Kier alpha value is -1.36. The molecule has 0 heterocycles. The van der Waals surface area contributed by atoms with Crippen LogP contribution in [0, 0.1) is 0 Å². The maximum Gasteiger partial charge on any atom is 0.333 e. The number of amides is 1. The molecule has 1 aromatic carbocycles. The fraction of sp³-hybridized carbons (Fsp3) is 0.529. The van der Waals surface area contributed by atoms with Gasteiger partial charge in [0.05, 0.1) is 0 Å². The number of ether oxygens (including phenoxy) is 1. The Balaban J connectivity index is 2.03. The first-order valence-corrected chi connectivity index (χ1v) is 8.93. The Morgan fingerprint density at radius 3 is 2.55 bits per heavy atom. The molecule has 0 aromatic heterocycles. The van der Waals surface area contributed by atoms with Crippen LogP contribution < -0.4 is 5.32 Å². The van der Waals surface area contributed by atoms with Crippen molar-refractivity contribution >= 4 is 27.8 Å². The quantitative estimate of drug-likeness (QED) is 0.592. The monoisotopic (exact) mass is 367 g/mol. The molecular formula is C17H22BrNO3. The fourth-order valence-corrected chi connectivity index (χ4v) is 2.90. The van der Waals surface area contributed by atoms with Gasteiger partial charge in [0.1, 0.15) is 6.10 Å². The molecule has 0 spiro atoms. The maximum absolute atomic E-state index is 12.5. The molecule has 0 radical (unpaired) electrons. The van der Waals surface area contributed by atoms with Crippen molar-refractivity contribution in [1.82, 2.24) is 5.32 Å². The average Bonchev–Trinajstić information content (AvgIpc) is 3.04. The molecule has 1 aromatic rings. The second-order valence-corrected chi connectivity index (χ2v) is 6.34. The van der Waals surface area contributed by atoms with Crippen molar-refractivity contribution in [3.8, 4) is 0 Å². The first kappa shape index (κ1) is 17.0. The van der Waals surface area contributed by atoms with Gasteiger partial charge in [-0.1, -0.05) is 46.3 Å². The van der Waals surface area contributed by atoms with Crippen molar-refractivity contribution in [2.24, 2.45) is 0 Å². The van der Waals surface area contributed by atoms with Gasteiger partial charge in [-0.25, -0.2) is 4.79 Å². The van der Waals surface area contributed by atoms with Gasteiger partial charge in [0.2, 0.25) is 5.91 Å². The van der Waals surface area contributed by atoms with E-state index in [1.165, 1.54) is 0 Å². The van der Waals surface area contributed by atoms with E-state index in [1.54, 1.807) is 0 Å². The van der Waals surface area contributed by atoms with E-state index in [9.17, 15) is 9.59 Å². The molecule has 0 saturated heterocycles. The Labute approximate surface area is 139 Å². The number of carbonyl (C=O) groups is 2. The molecule has 0 unspecified atom stereocenters. The molecule has 1 fully saturated rings. The minimum absolute atomic E-state index is 0.00171.